The zero-order valence-corrected chi connectivity index (χ0v) is 13.3. The number of aromatic nitrogens is 3. The Morgan fingerprint density at radius 1 is 1.12 bits per heavy atom. The van der Waals surface area contributed by atoms with Gasteiger partial charge in [0.1, 0.15) is 12.1 Å². The van der Waals surface area contributed by atoms with Crippen molar-refractivity contribution in [2.24, 2.45) is 0 Å². The smallest absolute Gasteiger partial charge is 0.264 e. The fourth-order valence-electron chi connectivity index (χ4n) is 2.27. The predicted octanol–water partition coefficient (Wildman–Crippen LogP) is 2.65. The van der Waals surface area contributed by atoms with E-state index in [-0.39, 0.29) is 12.5 Å². The molecular formula is C18H18N4O2. The molecule has 6 heteroatoms. The fraction of sp³-hybridized carbons (Fsp3) is 0.167. The lowest BCUT2D eigenvalue weighted by Gasteiger charge is -2.10. The minimum atomic E-state index is -0.277. The largest absolute Gasteiger partial charge is 0.483 e. The van der Waals surface area contributed by atoms with E-state index in [0.717, 1.165) is 11.1 Å². The van der Waals surface area contributed by atoms with Crippen LogP contribution in [0.25, 0.3) is 0 Å². The van der Waals surface area contributed by atoms with Gasteiger partial charge in [-0.1, -0.05) is 48.5 Å². The maximum Gasteiger partial charge on any atom is 0.264 e. The van der Waals surface area contributed by atoms with Crippen LogP contribution in [0.2, 0.25) is 0 Å². The summed E-state index contributed by atoms with van der Waals surface area (Å²) in [4.78, 5) is 12.1. The molecule has 1 amide bonds. The van der Waals surface area contributed by atoms with E-state index in [2.05, 4.69) is 15.5 Å². The third-order valence-corrected chi connectivity index (χ3v) is 3.51. The van der Waals surface area contributed by atoms with Crippen LogP contribution in [0.1, 0.15) is 11.1 Å². The first-order valence-corrected chi connectivity index (χ1v) is 7.62. The highest BCUT2D eigenvalue weighted by Gasteiger charge is 2.10. The third-order valence-electron chi connectivity index (χ3n) is 3.51. The predicted molar refractivity (Wildman–Crippen MR) is 90.9 cm³/mol. The second-order valence-corrected chi connectivity index (χ2v) is 5.37. The van der Waals surface area contributed by atoms with Gasteiger partial charge >= 0.3 is 0 Å². The number of rotatable bonds is 6. The molecule has 0 atom stereocenters. The summed E-state index contributed by atoms with van der Waals surface area (Å²) in [6, 6.07) is 17.5. The standard InChI is InChI=1S/C18H18N4O2/c1-14-7-5-6-10-16(14)24-12-17(23)20-18-21-19-13-22(18)11-15-8-3-2-4-9-15/h2-10,13H,11-12H2,1H3,(H,20,21,23). The second kappa shape index (κ2) is 7.41. The van der Waals surface area contributed by atoms with E-state index in [1.807, 2.05) is 61.5 Å². The number of aryl methyl sites for hydroxylation is 1. The van der Waals surface area contributed by atoms with Gasteiger partial charge in [0.15, 0.2) is 6.61 Å². The minimum Gasteiger partial charge on any atom is -0.483 e. The van der Waals surface area contributed by atoms with Crippen LogP contribution in [0, 0.1) is 6.92 Å². The summed E-state index contributed by atoms with van der Waals surface area (Å²) in [7, 11) is 0. The second-order valence-electron chi connectivity index (χ2n) is 5.37. The first-order chi connectivity index (χ1) is 11.7. The maximum atomic E-state index is 12.1. The lowest BCUT2D eigenvalue weighted by atomic mass is 10.2. The zero-order valence-electron chi connectivity index (χ0n) is 13.3. The number of benzene rings is 2. The van der Waals surface area contributed by atoms with Crippen molar-refractivity contribution in [3.8, 4) is 5.75 Å². The maximum absolute atomic E-state index is 12.1. The number of ether oxygens (including phenoxy) is 1. The van der Waals surface area contributed by atoms with Gasteiger partial charge in [0.25, 0.3) is 5.91 Å². The summed E-state index contributed by atoms with van der Waals surface area (Å²) >= 11 is 0. The van der Waals surface area contributed by atoms with Crippen LogP contribution < -0.4 is 10.1 Å². The Labute approximate surface area is 140 Å². The molecule has 1 heterocycles. The molecular weight excluding hydrogens is 304 g/mol. The van der Waals surface area contributed by atoms with Crippen molar-refractivity contribution >= 4 is 11.9 Å². The van der Waals surface area contributed by atoms with Crippen LogP contribution in [0.4, 0.5) is 5.95 Å². The number of carbonyl (C=O) groups excluding carboxylic acids is 1. The van der Waals surface area contributed by atoms with E-state index < -0.39 is 0 Å². The topological polar surface area (TPSA) is 69.0 Å². The van der Waals surface area contributed by atoms with Crippen LogP contribution in [0.5, 0.6) is 5.75 Å². The molecule has 2 aromatic carbocycles. The molecule has 0 radical (unpaired) electrons. The Morgan fingerprint density at radius 2 is 1.88 bits per heavy atom. The highest BCUT2D eigenvalue weighted by Crippen LogP contribution is 2.16. The summed E-state index contributed by atoms with van der Waals surface area (Å²) in [5, 5.41) is 10.5. The molecule has 122 valence electrons. The Bertz CT molecular complexity index is 815. The van der Waals surface area contributed by atoms with Crippen molar-refractivity contribution in [1.82, 2.24) is 14.8 Å². The van der Waals surface area contributed by atoms with Gasteiger partial charge < -0.3 is 4.74 Å². The summed E-state index contributed by atoms with van der Waals surface area (Å²) in [6.45, 7) is 2.44. The SMILES string of the molecule is Cc1ccccc1OCC(=O)Nc1nncn1Cc1ccccc1. The van der Waals surface area contributed by atoms with Crippen molar-refractivity contribution in [2.75, 3.05) is 11.9 Å². The summed E-state index contributed by atoms with van der Waals surface area (Å²) in [5.41, 5.74) is 2.08. The summed E-state index contributed by atoms with van der Waals surface area (Å²) < 4.78 is 7.31. The fourth-order valence-corrected chi connectivity index (χ4v) is 2.27. The molecule has 6 nitrogen and oxygen atoms in total. The molecule has 0 saturated carbocycles. The minimum absolute atomic E-state index is 0.0803. The highest BCUT2D eigenvalue weighted by atomic mass is 16.5. The number of amides is 1. The number of carbonyl (C=O) groups is 1. The van der Waals surface area contributed by atoms with E-state index in [0.29, 0.717) is 18.2 Å². The van der Waals surface area contributed by atoms with Gasteiger partial charge in [0.05, 0.1) is 6.54 Å². The molecule has 1 N–H and O–H groups in total. The van der Waals surface area contributed by atoms with E-state index in [1.165, 1.54) is 0 Å². The molecule has 24 heavy (non-hydrogen) atoms. The summed E-state index contributed by atoms with van der Waals surface area (Å²) in [6.07, 6.45) is 1.59. The molecule has 0 unspecified atom stereocenters. The molecule has 1 aromatic heterocycles. The van der Waals surface area contributed by atoms with Crippen LogP contribution in [0.15, 0.2) is 60.9 Å². The van der Waals surface area contributed by atoms with Gasteiger partial charge in [-0.2, -0.15) is 0 Å². The van der Waals surface area contributed by atoms with Crippen molar-refractivity contribution in [3.63, 3.8) is 0 Å². The van der Waals surface area contributed by atoms with Crippen molar-refractivity contribution in [1.29, 1.82) is 0 Å². The highest BCUT2D eigenvalue weighted by molar-refractivity contribution is 5.90. The lowest BCUT2D eigenvalue weighted by molar-refractivity contribution is -0.118. The average molecular weight is 322 g/mol. The van der Waals surface area contributed by atoms with Gasteiger partial charge in [-0.15, -0.1) is 10.2 Å². The van der Waals surface area contributed by atoms with Gasteiger partial charge in [-0.05, 0) is 24.1 Å². The van der Waals surface area contributed by atoms with E-state index in [9.17, 15) is 4.79 Å². The van der Waals surface area contributed by atoms with Crippen molar-refractivity contribution < 1.29 is 9.53 Å². The van der Waals surface area contributed by atoms with E-state index >= 15 is 0 Å². The number of para-hydroxylation sites is 1. The zero-order chi connectivity index (χ0) is 16.8. The molecule has 0 bridgehead atoms. The first-order valence-electron chi connectivity index (χ1n) is 7.62. The van der Waals surface area contributed by atoms with Crippen LogP contribution in [-0.4, -0.2) is 27.3 Å². The van der Waals surface area contributed by atoms with Gasteiger partial charge in [0, 0.05) is 0 Å². The molecule has 3 aromatic rings. The van der Waals surface area contributed by atoms with Gasteiger partial charge in [-0.3, -0.25) is 14.7 Å². The molecule has 3 rings (SSSR count). The van der Waals surface area contributed by atoms with Crippen LogP contribution in [0.3, 0.4) is 0 Å². The van der Waals surface area contributed by atoms with Crippen LogP contribution >= 0.6 is 0 Å². The number of nitrogens with one attached hydrogen (secondary N) is 1. The molecule has 0 fully saturated rings. The molecule has 0 aliphatic carbocycles. The van der Waals surface area contributed by atoms with Crippen LogP contribution in [-0.2, 0) is 11.3 Å². The molecule has 0 aliphatic rings. The number of hydrogen-bond donors (Lipinski definition) is 1. The number of hydrogen-bond acceptors (Lipinski definition) is 4. The Morgan fingerprint density at radius 3 is 2.67 bits per heavy atom. The number of anilines is 1. The first kappa shape index (κ1) is 15.7. The molecule has 0 spiro atoms. The quantitative estimate of drug-likeness (QED) is 0.757. The van der Waals surface area contributed by atoms with Crippen molar-refractivity contribution in [2.45, 2.75) is 13.5 Å². The van der Waals surface area contributed by atoms with Gasteiger partial charge in [0.2, 0.25) is 5.95 Å². The summed E-state index contributed by atoms with van der Waals surface area (Å²) in [5.74, 6) is 0.816. The Kier molecular flexibility index (Phi) is 4.86. The van der Waals surface area contributed by atoms with Crippen molar-refractivity contribution in [3.05, 3.63) is 72.1 Å². The lowest BCUT2D eigenvalue weighted by Crippen LogP contribution is -2.22. The number of nitrogens with zero attached hydrogens (tertiary/aromatic N) is 3. The third kappa shape index (κ3) is 3.98. The normalized spacial score (nSPS) is 10.4. The van der Waals surface area contributed by atoms with E-state index in [4.69, 9.17) is 4.74 Å². The Hall–Kier alpha value is -3.15. The monoisotopic (exact) mass is 322 g/mol. The average Bonchev–Trinajstić information content (AvgIpc) is 3.02. The van der Waals surface area contributed by atoms with Gasteiger partial charge in [-0.25, -0.2) is 0 Å². The molecule has 0 saturated heterocycles. The van der Waals surface area contributed by atoms with E-state index in [1.54, 1.807) is 10.9 Å². The Balaban J connectivity index is 1.59. The molecule has 0 aliphatic heterocycles.